The van der Waals surface area contributed by atoms with Crippen LogP contribution >= 0.6 is 11.3 Å². The molecule has 0 atom stereocenters. The number of aromatic nitrogens is 1. The number of nitrogens with one attached hydrogen (secondary N) is 1. The van der Waals surface area contributed by atoms with Crippen LogP contribution in [-0.2, 0) is 16.4 Å². The van der Waals surface area contributed by atoms with Gasteiger partial charge in [-0.15, -0.1) is 11.3 Å². The Kier molecular flexibility index (Phi) is 4.99. The minimum atomic E-state index is -3.26. The number of fused-ring (bicyclic) bond motifs is 1. The number of sulfonamides is 1. The Morgan fingerprint density at radius 2 is 2.04 bits per heavy atom. The van der Waals surface area contributed by atoms with Crippen LogP contribution in [0.15, 0.2) is 47.8 Å². The molecule has 1 aliphatic heterocycles. The molecule has 1 aliphatic rings. The fraction of sp³-hybridized carbons (Fsp3) is 0.250. The van der Waals surface area contributed by atoms with E-state index in [4.69, 9.17) is 4.74 Å². The third kappa shape index (κ3) is 3.70. The van der Waals surface area contributed by atoms with Gasteiger partial charge in [-0.05, 0) is 42.7 Å². The van der Waals surface area contributed by atoms with Crippen molar-refractivity contribution < 1.29 is 13.2 Å². The Labute approximate surface area is 168 Å². The van der Waals surface area contributed by atoms with E-state index in [0.29, 0.717) is 6.54 Å². The van der Waals surface area contributed by atoms with E-state index in [1.807, 2.05) is 41.8 Å². The number of hydrogen-bond donors (Lipinski definition) is 1. The van der Waals surface area contributed by atoms with Gasteiger partial charge in [-0.25, -0.2) is 13.4 Å². The maximum atomic E-state index is 12.0. The van der Waals surface area contributed by atoms with Gasteiger partial charge in [-0.1, -0.05) is 18.2 Å². The summed E-state index contributed by atoms with van der Waals surface area (Å²) in [6.07, 6.45) is 2.94. The van der Waals surface area contributed by atoms with Crippen molar-refractivity contribution >= 4 is 37.9 Å². The normalized spacial score (nSPS) is 13.9. The summed E-state index contributed by atoms with van der Waals surface area (Å²) in [6.45, 7) is 0.537. The molecule has 2 aromatic carbocycles. The summed E-state index contributed by atoms with van der Waals surface area (Å²) in [6, 6.07) is 13.6. The zero-order valence-electron chi connectivity index (χ0n) is 15.7. The molecular weight excluding hydrogens is 394 g/mol. The van der Waals surface area contributed by atoms with Crippen molar-refractivity contribution in [1.29, 1.82) is 0 Å². The van der Waals surface area contributed by atoms with Crippen molar-refractivity contribution in [3.05, 3.63) is 53.4 Å². The molecule has 0 radical (unpaired) electrons. The van der Waals surface area contributed by atoms with Crippen LogP contribution in [0, 0.1) is 0 Å². The number of ether oxygens (including phenoxy) is 1. The molecule has 0 bridgehead atoms. The van der Waals surface area contributed by atoms with Gasteiger partial charge in [0, 0.05) is 17.5 Å². The van der Waals surface area contributed by atoms with Crippen LogP contribution in [0.4, 0.5) is 16.5 Å². The molecule has 8 heteroatoms. The lowest BCUT2D eigenvalue weighted by Gasteiger charge is -2.29. The van der Waals surface area contributed by atoms with Crippen LogP contribution in [0.1, 0.15) is 12.0 Å². The average Bonchev–Trinajstić information content (AvgIpc) is 3.15. The van der Waals surface area contributed by atoms with Gasteiger partial charge in [-0.2, -0.15) is 0 Å². The molecule has 0 aliphatic carbocycles. The molecule has 2 heterocycles. The van der Waals surface area contributed by atoms with Crippen LogP contribution in [0.5, 0.6) is 5.75 Å². The summed E-state index contributed by atoms with van der Waals surface area (Å²) in [7, 11) is -1.62. The highest BCUT2D eigenvalue weighted by Crippen LogP contribution is 2.35. The number of methoxy groups -OCH3 is 1. The smallest absolute Gasteiger partial charge is 0.232 e. The summed E-state index contributed by atoms with van der Waals surface area (Å²) in [5.41, 5.74) is 4.53. The second-order valence-corrected chi connectivity index (χ2v) is 9.41. The molecule has 1 aromatic heterocycles. The van der Waals surface area contributed by atoms with Gasteiger partial charge >= 0.3 is 0 Å². The van der Waals surface area contributed by atoms with Gasteiger partial charge in [0.25, 0.3) is 0 Å². The summed E-state index contributed by atoms with van der Waals surface area (Å²) in [5.74, 6) is 0.758. The van der Waals surface area contributed by atoms with Crippen molar-refractivity contribution in [2.75, 3.05) is 29.5 Å². The molecule has 0 saturated heterocycles. The summed E-state index contributed by atoms with van der Waals surface area (Å²) >= 11 is 1.52. The fourth-order valence-electron chi connectivity index (χ4n) is 3.39. The largest absolute Gasteiger partial charge is 0.495 e. The number of para-hydroxylation sites is 2. The van der Waals surface area contributed by atoms with Crippen LogP contribution in [-0.4, -0.2) is 33.3 Å². The number of rotatable bonds is 5. The molecule has 4 rings (SSSR count). The second kappa shape index (κ2) is 7.44. The van der Waals surface area contributed by atoms with E-state index >= 15 is 0 Å². The van der Waals surface area contributed by atoms with E-state index in [0.717, 1.165) is 51.9 Å². The zero-order valence-corrected chi connectivity index (χ0v) is 17.3. The van der Waals surface area contributed by atoms with E-state index in [-0.39, 0.29) is 0 Å². The first-order chi connectivity index (χ1) is 13.5. The first-order valence-corrected chi connectivity index (χ1v) is 11.6. The van der Waals surface area contributed by atoms with E-state index in [1.54, 1.807) is 7.11 Å². The van der Waals surface area contributed by atoms with Crippen molar-refractivity contribution in [3.63, 3.8) is 0 Å². The van der Waals surface area contributed by atoms with Gasteiger partial charge in [0.1, 0.15) is 5.75 Å². The number of thiazole rings is 1. The highest BCUT2D eigenvalue weighted by molar-refractivity contribution is 7.92. The quantitative estimate of drug-likeness (QED) is 0.674. The Morgan fingerprint density at radius 3 is 2.82 bits per heavy atom. The van der Waals surface area contributed by atoms with Crippen LogP contribution in [0.2, 0.25) is 0 Å². The topological polar surface area (TPSA) is 71.5 Å². The van der Waals surface area contributed by atoms with Crippen molar-refractivity contribution in [2.45, 2.75) is 12.8 Å². The number of nitrogens with zero attached hydrogens (tertiary/aromatic N) is 2. The van der Waals surface area contributed by atoms with Crippen LogP contribution < -0.4 is 14.4 Å². The molecule has 1 N–H and O–H groups in total. The molecule has 6 nitrogen and oxygen atoms in total. The van der Waals surface area contributed by atoms with E-state index < -0.39 is 10.0 Å². The average molecular weight is 416 g/mol. The van der Waals surface area contributed by atoms with Gasteiger partial charge in [0.05, 0.1) is 30.4 Å². The lowest BCUT2D eigenvalue weighted by Crippen LogP contribution is -2.34. The number of anilines is 3. The van der Waals surface area contributed by atoms with Crippen LogP contribution in [0.3, 0.4) is 0 Å². The Balaban J connectivity index is 1.61. The monoisotopic (exact) mass is 415 g/mol. The Bertz CT molecular complexity index is 1110. The maximum Gasteiger partial charge on any atom is 0.232 e. The third-order valence-corrected chi connectivity index (χ3v) is 6.64. The van der Waals surface area contributed by atoms with Gasteiger partial charge in [0.2, 0.25) is 10.0 Å². The molecule has 0 fully saturated rings. The number of aryl methyl sites for hydroxylation is 1. The predicted molar refractivity (Wildman–Crippen MR) is 114 cm³/mol. The standard InChI is InChI=1S/C20H21N3O3S2/c1-26-19-8-4-3-7-16(19)21-20-22-17(13-27-20)14-9-10-18-15(12-14)6-5-11-23(18)28(2,24)25/h3-4,7-10,12-13H,5-6,11H2,1-2H3,(H,21,22). The predicted octanol–water partition coefficient (Wildman–Crippen LogP) is 4.27. The first kappa shape index (κ1) is 18.8. The number of hydrogen-bond acceptors (Lipinski definition) is 6. The molecular formula is C20H21N3O3S2. The second-order valence-electron chi connectivity index (χ2n) is 6.65. The van der Waals surface area contributed by atoms with E-state index in [9.17, 15) is 8.42 Å². The first-order valence-electron chi connectivity index (χ1n) is 8.92. The molecule has 3 aromatic rings. The molecule has 0 spiro atoms. The highest BCUT2D eigenvalue weighted by Gasteiger charge is 2.24. The summed E-state index contributed by atoms with van der Waals surface area (Å²) in [5, 5.41) is 6.07. The third-order valence-electron chi connectivity index (χ3n) is 4.70. The minimum Gasteiger partial charge on any atom is -0.495 e. The van der Waals surface area contributed by atoms with Crippen molar-refractivity contribution in [1.82, 2.24) is 4.98 Å². The van der Waals surface area contributed by atoms with E-state index in [1.165, 1.54) is 21.9 Å². The van der Waals surface area contributed by atoms with Gasteiger partial charge in [0.15, 0.2) is 5.13 Å². The number of benzene rings is 2. The lowest BCUT2D eigenvalue weighted by atomic mass is 10.00. The van der Waals surface area contributed by atoms with Gasteiger partial charge < -0.3 is 10.1 Å². The molecule has 28 heavy (non-hydrogen) atoms. The minimum absolute atomic E-state index is 0.537. The Hall–Kier alpha value is -2.58. The van der Waals surface area contributed by atoms with Crippen LogP contribution in [0.25, 0.3) is 11.3 Å². The molecule has 0 unspecified atom stereocenters. The van der Waals surface area contributed by atoms with E-state index in [2.05, 4.69) is 16.4 Å². The molecule has 0 saturated carbocycles. The Morgan fingerprint density at radius 1 is 1.21 bits per heavy atom. The van der Waals surface area contributed by atoms with Gasteiger partial charge in [-0.3, -0.25) is 4.31 Å². The fourth-order valence-corrected chi connectivity index (χ4v) is 5.12. The highest BCUT2D eigenvalue weighted by atomic mass is 32.2. The van der Waals surface area contributed by atoms with Crippen molar-refractivity contribution in [3.8, 4) is 17.0 Å². The maximum absolute atomic E-state index is 12.0. The molecule has 146 valence electrons. The molecule has 0 amide bonds. The SMILES string of the molecule is COc1ccccc1Nc1nc(-c2ccc3c(c2)CCCN3S(C)(=O)=O)cs1. The lowest BCUT2D eigenvalue weighted by molar-refractivity contribution is 0.417. The summed E-state index contributed by atoms with van der Waals surface area (Å²) < 4.78 is 30.9. The zero-order chi connectivity index (χ0) is 19.7. The summed E-state index contributed by atoms with van der Waals surface area (Å²) in [4.78, 5) is 4.69. The van der Waals surface area contributed by atoms with Crippen molar-refractivity contribution in [2.24, 2.45) is 0 Å².